The first-order valence-electron chi connectivity index (χ1n) is 9.66. The van der Waals surface area contributed by atoms with Gasteiger partial charge in [-0.25, -0.2) is 5.43 Å². The lowest BCUT2D eigenvalue weighted by Crippen LogP contribution is -2.48. The number of nitrogens with zero attached hydrogens (tertiary/aromatic N) is 2. The zero-order valence-electron chi connectivity index (χ0n) is 17.5. The minimum absolute atomic E-state index is 0.127. The Morgan fingerprint density at radius 3 is 2.43 bits per heavy atom. The average molecular weight is 410 g/mol. The van der Waals surface area contributed by atoms with Gasteiger partial charge in [-0.15, -0.1) is 0 Å². The number of amides is 2. The Balaban J connectivity index is 1.61. The molecule has 0 saturated carbocycles. The lowest BCUT2D eigenvalue weighted by molar-refractivity contribution is -0.123. The van der Waals surface area contributed by atoms with E-state index in [0.29, 0.717) is 17.1 Å². The van der Waals surface area contributed by atoms with Gasteiger partial charge in [0.1, 0.15) is 6.04 Å². The molecule has 158 valence electrons. The Labute approximate surface area is 175 Å². The van der Waals surface area contributed by atoms with Crippen molar-refractivity contribution in [3.05, 3.63) is 53.6 Å². The third kappa shape index (κ3) is 5.08. The summed E-state index contributed by atoms with van der Waals surface area (Å²) < 4.78 is 10.6. The molecule has 30 heavy (non-hydrogen) atoms. The Morgan fingerprint density at radius 1 is 1.07 bits per heavy atom. The molecule has 1 aliphatic heterocycles. The van der Waals surface area contributed by atoms with E-state index in [-0.39, 0.29) is 24.5 Å². The van der Waals surface area contributed by atoms with Gasteiger partial charge in [0.2, 0.25) is 6.79 Å². The summed E-state index contributed by atoms with van der Waals surface area (Å²) in [4.78, 5) is 27.2. The van der Waals surface area contributed by atoms with Crippen LogP contribution in [-0.4, -0.2) is 45.0 Å². The predicted molar refractivity (Wildman–Crippen MR) is 115 cm³/mol. The largest absolute Gasteiger partial charge is 0.454 e. The number of carbonyl (C=O) groups excluding carboxylic acids is 2. The fraction of sp³-hybridized carbons (Fsp3) is 0.318. The molecule has 8 heteroatoms. The molecule has 0 aliphatic carbocycles. The molecule has 0 spiro atoms. The molecule has 1 heterocycles. The molecule has 8 nitrogen and oxygen atoms in total. The van der Waals surface area contributed by atoms with Crippen molar-refractivity contribution >= 4 is 23.7 Å². The van der Waals surface area contributed by atoms with E-state index >= 15 is 0 Å². The topological polar surface area (TPSA) is 92.3 Å². The van der Waals surface area contributed by atoms with Gasteiger partial charge in [0.15, 0.2) is 11.5 Å². The minimum atomic E-state index is -0.740. The summed E-state index contributed by atoms with van der Waals surface area (Å²) in [6.45, 7) is 3.84. The number of benzene rings is 2. The number of anilines is 1. The molecule has 0 fully saturated rings. The molecule has 1 atom stereocenters. The zero-order valence-corrected chi connectivity index (χ0v) is 17.5. The molecule has 2 aromatic rings. The van der Waals surface area contributed by atoms with E-state index in [1.807, 2.05) is 57.1 Å². The summed E-state index contributed by atoms with van der Waals surface area (Å²) in [5, 5.41) is 6.79. The lowest BCUT2D eigenvalue weighted by Gasteiger charge is -2.20. The summed E-state index contributed by atoms with van der Waals surface area (Å²) in [7, 11) is 3.93. The van der Waals surface area contributed by atoms with Crippen LogP contribution in [0.4, 0.5) is 5.69 Å². The lowest BCUT2D eigenvalue weighted by atomic mass is 10.0. The van der Waals surface area contributed by atoms with E-state index in [0.717, 1.165) is 11.3 Å². The maximum atomic E-state index is 12.6. The van der Waals surface area contributed by atoms with E-state index in [9.17, 15) is 9.59 Å². The van der Waals surface area contributed by atoms with Crippen LogP contribution in [0.3, 0.4) is 0 Å². The minimum Gasteiger partial charge on any atom is -0.454 e. The Bertz CT molecular complexity index is 939. The predicted octanol–water partition coefficient (Wildman–Crippen LogP) is 2.39. The molecule has 1 unspecified atom stereocenters. The van der Waals surface area contributed by atoms with Crippen molar-refractivity contribution in [1.29, 1.82) is 0 Å². The second-order valence-corrected chi connectivity index (χ2v) is 7.48. The first-order valence-corrected chi connectivity index (χ1v) is 9.66. The van der Waals surface area contributed by atoms with Gasteiger partial charge in [0, 0.05) is 25.3 Å². The van der Waals surface area contributed by atoms with E-state index in [4.69, 9.17) is 9.47 Å². The molecule has 1 aliphatic rings. The number of carbonyl (C=O) groups is 2. The van der Waals surface area contributed by atoms with E-state index in [1.165, 1.54) is 0 Å². The monoisotopic (exact) mass is 410 g/mol. The van der Waals surface area contributed by atoms with Crippen molar-refractivity contribution < 1.29 is 19.1 Å². The van der Waals surface area contributed by atoms with Gasteiger partial charge < -0.3 is 19.7 Å². The molecule has 2 amide bonds. The summed E-state index contributed by atoms with van der Waals surface area (Å²) in [5.74, 6) is 0.221. The fourth-order valence-electron chi connectivity index (χ4n) is 2.90. The van der Waals surface area contributed by atoms with Gasteiger partial charge in [-0.05, 0) is 41.8 Å². The van der Waals surface area contributed by atoms with Gasteiger partial charge in [-0.2, -0.15) is 5.10 Å². The Hall–Kier alpha value is -3.55. The second kappa shape index (κ2) is 9.30. The summed E-state index contributed by atoms with van der Waals surface area (Å²) in [5.41, 5.74) is 4.82. The van der Waals surface area contributed by atoms with Crippen LogP contribution in [0.25, 0.3) is 0 Å². The normalized spacial score (nSPS) is 13.4. The van der Waals surface area contributed by atoms with Gasteiger partial charge >= 0.3 is 0 Å². The standard InChI is InChI=1S/C22H26N4O4/c1-14(2)20(24-21(27)16-7-10-18-19(11-16)30-13-29-18)22(28)25-23-12-15-5-8-17(9-6-15)26(3)4/h5-12,14,20H,13H2,1-4H3,(H,24,27)(H,25,28)/b23-12+. The van der Waals surface area contributed by atoms with Crippen LogP contribution in [-0.2, 0) is 4.79 Å². The summed E-state index contributed by atoms with van der Waals surface area (Å²) >= 11 is 0. The Kier molecular flexibility index (Phi) is 6.56. The third-order valence-corrected chi connectivity index (χ3v) is 4.67. The van der Waals surface area contributed by atoms with Crippen LogP contribution in [0.1, 0.15) is 29.8 Å². The molecule has 2 N–H and O–H groups in total. The number of fused-ring (bicyclic) bond motifs is 1. The van der Waals surface area contributed by atoms with Gasteiger partial charge in [0.25, 0.3) is 11.8 Å². The zero-order chi connectivity index (χ0) is 21.7. The van der Waals surface area contributed by atoms with Crippen LogP contribution in [0, 0.1) is 5.92 Å². The van der Waals surface area contributed by atoms with Gasteiger partial charge in [-0.3, -0.25) is 9.59 Å². The van der Waals surface area contributed by atoms with Crippen LogP contribution >= 0.6 is 0 Å². The highest BCUT2D eigenvalue weighted by Gasteiger charge is 2.25. The van der Waals surface area contributed by atoms with E-state index < -0.39 is 6.04 Å². The number of hydrogen-bond acceptors (Lipinski definition) is 6. The maximum absolute atomic E-state index is 12.6. The fourth-order valence-corrected chi connectivity index (χ4v) is 2.90. The Morgan fingerprint density at radius 2 is 1.77 bits per heavy atom. The van der Waals surface area contributed by atoms with Crippen molar-refractivity contribution in [1.82, 2.24) is 10.7 Å². The molecule has 0 saturated heterocycles. The molecular weight excluding hydrogens is 384 g/mol. The van der Waals surface area contributed by atoms with Crippen LogP contribution < -0.4 is 25.1 Å². The van der Waals surface area contributed by atoms with Crippen molar-refractivity contribution in [3.63, 3.8) is 0 Å². The highest BCUT2D eigenvalue weighted by Crippen LogP contribution is 2.32. The molecule has 0 aromatic heterocycles. The van der Waals surface area contributed by atoms with Crippen molar-refractivity contribution in [3.8, 4) is 11.5 Å². The molecule has 3 rings (SSSR count). The van der Waals surface area contributed by atoms with Crippen LogP contribution in [0.5, 0.6) is 11.5 Å². The van der Waals surface area contributed by atoms with Gasteiger partial charge in [0.05, 0.1) is 6.21 Å². The number of hydrazone groups is 1. The highest BCUT2D eigenvalue weighted by atomic mass is 16.7. The molecule has 2 aromatic carbocycles. The number of rotatable bonds is 7. The third-order valence-electron chi connectivity index (χ3n) is 4.67. The smallest absolute Gasteiger partial charge is 0.262 e. The highest BCUT2D eigenvalue weighted by molar-refractivity contribution is 5.98. The first-order chi connectivity index (χ1) is 14.3. The molecular formula is C22H26N4O4. The molecule has 0 radical (unpaired) electrons. The van der Waals surface area contributed by atoms with Crippen molar-refractivity contribution in [2.75, 3.05) is 25.8 Å². The van der Waals surface area contributed by atoms with Crippen molar-refractivity contribution in [2.24, 2.45) is 11.0 Å². The van der Waals surface area contributed by atoms with Gasteiger partial charge in [-0.1, -0.05) is 26.0 Å². The summed E-state index contributed by atoms with van der Waals surface area (Å²) in [6.07, 6.45) is 1.56. The average Bonchev–Trinajstić information content (AvgIpc) is 3.19. The number of ether oxygens (including phenoxy) is 2. The maximum Gasteiger partial charge on any atom is 0.262 e. The number of hydrogen-bond donors (Lipinski definition) is 2. The SMILES string of the molecule is CC(C)C(NC(=O)c1ccc2c(c1)OCO2)C(=O)N/N=C/c1ccc(N(C)C)cc1. The number of nitrogens with one attached hydrogen (secondary N) is 2. The van der Waals surface area contributed by atoms with E-state index in [2.05, 4.69) is 15.8 Å². The summed E-state index contributed by atoms with van der Waals surface area (Å²) in [6, 6.07) is 11.9. The quantitative estimate of drug-likeness (QED) is 0.540. The second-order valence-electron chi connectivity index (χ2n) is 7.48. The molecule has 0 bridgehead atoms. The first kappa shape index (κ1) is 21.2. The van der Waals surface area contributed by atoms with Crippen LogP contribution in [0.2, 0.25) is 0 Å². The van der Waals surface area contributed by atoms with Crippen LogP contribution in [0.15, 0.2) is 47.6 Å². The van der Waals surface area contributed by atoms with E-state index in [1.54, 1.807) is 24.4 Å². The van der Waals surface area contributed by atoms with Crippen molar-refractivity contribution in [2.45, 2.75) is 19.9 Å².